The first kappa shape index (κ1) is 17.4. The van der Waals surface area contributed by atoms with Crippen molar-refractivity contribution in [3.05, 3.63) is 65.2 Å². The molecule has 0 saturated carbocycles. The van der Waals surface area contributed by atoms with Crippen LogP contribution in [0.2, 0.25) is 5.02 Å². The quantitative estimate of drug-likeness (QED) is 0.815. The van der Waals surface area contributed by atoms with Gasteiger partial charge in [-0.3, -0.25) is 4.79 Å². The van der Waals surface area contributed by atoms with Gasteiger partial charge in [0.2, 0.25) is 0 Å². The van der Waals surface area contributed by atoms with Crippen LogP contribution in [0.3, 0.4) is 0 Å². The molecule has 23 heavy (non-hydrogen) atoms. The van der Waals surface area contributed by atoms with Crippen molar-refractivity contribution in [3.63, 3.8) is 0 Å². The van der Waals surface area contributed by atoms with E-state index in [0.29, 0.717) is 23.7 Å². The average Bonchev–Trinajstić information content (AvgIpc) is 2.58. The Morgan fingerprint density at radius 2 is 1.91 bits per heavy atom. The lowest BCUT2D eigenvalue weighted by molar-refractivity contribution is -0.128. The van der Waals surface area contributed by atoms with Gasteiger partial charge < -0.3 is 10.1 Å². The van der Waals surface area contributed by atoms with Crippen molar-refractivity contribution in [2.24, 2.45) is 0 Å². The minimum absolute atomic E-state index is 0.102. The van der Waals surface area contributed by atoms with Crippen molar-refractivity contribution in [1.82, 2.24) is 5.32 Å². The third kappa shape index (κ3) is 5.29. The Kier molecular flexibility index (Phi) is 6.48. The smallest absolute Gasteiger partial charge is 0.261 e. The van der Waals surface area contributed by atoms with E-state index >= 15 is 0 Å². The van der Waals surface area contributed by atoms with Crippen LogP contribution in [-0.4, -0.2) is 18.6 Å². The normalized spacial score (nSPS) is 13.2. The van der Waals surface area contributed by atoms with Gasteiger partial charge in [0.15, 0.2) is 6.10 Å². The van der Waals surface area contributed by atoms with E-state index < -0.39 is 6.10 Å². The minimum Gasteiger partial charge on any atom is -0.481 e. The first-order valence-corrected chi connectivity index (χ1v) is 8.22. The third-order valence-electron chi connectivity index (χ3n) is 3.69. The van der Waals surface area contributed by atoms with E-state index in [9.17, 15) is 4.79 Å². The molecule has 0 aliphatic heterocycles. The molecular formula is C19H22ClNO2. The molecule has 1 N–H and O–H groups in total. The Morgan fingerprint density at radius 1 is 1.17 bits per heavy atom. The molecule has 0 aromatic heterocycles. The van der Waals surface area contributed by atoms with Gasteiger partial charge in [-0.25, -0.2) is 0 Å². The van der Waals surface area contributed by atoms with Crippen LogP contribution in [0.5, 0.6) is 5.75 Å². The van der Waals surface area contributed by atoms with E-state index in [1.807, 2.05) is 25.1 Å². The Labute approximate surface area is 142 Å². The molecule has 122 valence electrons. The highest BCUT2D eigenvalue weighted by molar-refractivity contribution is 6.30. The van der Waals surface area contributed by atoms with Crippen LogP contribution in [0.4, 0.5) is 0 Å². The Hall–Kier alpha value is -2.00. The lowest BCUT2D eigenvalue weighted by atomic mass is 10.0. The van der Waals surface area contributed by atoms with Crippen LogP contribution in [0, 0.1) is 0 Å². The SMILES string of the molecule is CC[C@H](Oc1cccc(Cl)c1)C(=O)NC[C@@H](C)c1ccccc1. The first-order valence-electron chi connectivity index (χ1n) is 7.85. The topological polar surface area (TPSA) is 38.3 Å². The van der Waals surface area contributed by atoms with Crippen LogP contribution >= 0.6 is 11.6 Å². The van der Waals surface area contributed by atoms with Gasteiger partial charge in [0, 0.05) is 11.6 Å². The van der Waals surface area contributed by atoms with Gasteiger partial charge in [-0.1, -0.05) is 61.8 Å². The summed E-state index contributed by atoms with van der Waals surface area (Å²) in [5.41, 5.74) is 1.21. The number of halogens is 1. The van der Waals surface area contributed by atoms with E-state index in [2.05, 4.69) is 24.4 Å². The average molecular weight is 332 g/mol. The second kappa shape index (κ2) is 8.59. The molecule has 0 aliphatic rings. The van der Waals surface area contributed by atoms with E-state index in [4.69, 9.17) is 16.3 Å². The summed E-state index contributed by atoms with van der Waals surface area (Å²) in [7, 11) is 0. The number of benzene rings is 2. The number of rotatable bonds is 7. The van der Waals surface area contributed by atoms with Crippen molar-refractivity contribution >= 4 is 17.5 Å². The largest absolute Gasteiger partial charge is 0.481 e. The molecular weight excluding hydrogens is 310 g/mol. The first-order chi connectivity index (χ1) is 11.1. The molecule has 4 heteroatoms. The van der Waals surface area contributed by atoms with Crippen LogP contribution in [0.1, 0.15) is 31.7 Å². The number of carbonyl (C=O) groups is 1. The second-order valence-corrected chi connectivity index (χ2v) is 5.97. The van der Waals surface area contributed by atoms with E-state index in [1.54, 1.807) is 24.3 Å². The van der Waals surface area contributed by atoms with Crippen molar-refractivity contribution in [3.8, 4) is 5.75 Å². The van der Waals surface area contributed by atoms with Gasteiger partial charge in [-0.2, -0.15) is 0 Å². The van der Waals surface area contributed by atoms with Gasteiger partial charge in [0.25, 0.3) is 5.91 Å². The fourth-order valence-corrected chi connectivity index (χ4v) is 2.47. The van der Waals surface area contributed by atoms with E-state index in [-0.39, 0.29) is 11.8 Å². The number of ether oxygens (including phenoxy) is 1. The number of nitrogens with one attached hydrogen (secondary N) is 1. The highest BCUT2D eigenvalue weighted by Crippen LogP contribution is 2.19. The summed E-state index contributed by atoms with van der Waals surface area (Å²) in [6.45, 7) is 4.60. The summed E-state index contributed by atoms with van der Waals surface area (Å²) in [5, 5.41) is 3.56. The summed E-state index contributed by atoms with van der Waals surface area (Å²) >= 11 is 5.94. The number of hydrogen-bond donors (Lipinski definition) is 1. The van der Waals surface area contributed by atoms with E-state index in [0.717, 1.165) is 0 Å². The third-order valence-corrected chi connectivity index (χ3v) is 3.92. The van der Waals surface area contributed by atoms with Crippen LogP contribution in [0.25, 0.3) is 0 Å². The van der Waals surface area contributed by atoms with Crippen molar-refractivity contribution in [1.29, 1.82) is 0 Å². The fourth-order valence-electron chi connectivity index (χ4n) is 2.29. The van der Waals surface area contributed by atoms with Gasteiger partial charge in [0.1, 0.15) is 5.75 Å². The highest BCUT2D eigenvalue weighted by Gasteiger charge is 2.19. The zero-order chi connectivity index (χ0) is 16.7. The zero-order valence-electron chi connectivity index (χ0n) is 13.5. The van der Waals surface area contributed by atoms with Crippen molar-refractivity contribution in [2.45, 2.75) is 32.3 Å². The molecule has 2 atom stereocenters. The predicted octanol–water partition coefficient (Wildman–Crippen LogP) is 4.42. The molecule has 0 spiro atoms. The van der Waals surface area contributed by atoms with Gasteiger partial charge in [-0.15, -0.1) is 0 Å². The monoisotopic (exact) mass is 331 g/mol. The summed E-state index contributed by atoms with van der Waals surface area (Å²) < 4.78 is 5.75. The van der Waals surface area contributed by atoms with Gasteiger partial charge in [0.05, 0.1) is 0 Å². The molecule has 1 amide bonds. The van der Waals surface area contributed by atoms with E-state index in [1.165, 1.54) is 5.56 Å². The molecule has 2 aromatic rings. The number of amides is 1. The fraction of sp³-hybridized carbons (Fsp3) is 0.316. The standard InChI is InChI=1S/C19H22ClNO2/c1-3-18(23-17-11-7-10-16(20)12-17)19(22)21-13-14(2)15-8-5-4-6-9-15/h4-12,14,18H,3,13H2,1-2H3,(H,21,22)/t14-,18+/m1/s1. The van der Waals surface area contributed by atoms with Crippen molar-refractivity contribution in [2.75, 3.05) is 6.54 Å². The van der Waals surface area contributed by atoms with Gasteiger partial charge >= 0.3 is 0 Å². The number of carbonyl (C=O) groups excluding carboxylic acids is 1. The molecule has 0 heterocycles. The minimum atomic E-state index is -0.517. The molecule has 0 bridgehead atoms. The van der Waals surface area contributed by atoms with Crippen LogP contribution < -0.4 is 10.1 Å². The molecule has 2 aromatic carbocycles. The van der Waals surface area contributed by atoms with Crippen LogP contribution in [0.15, 0.2) is 54.6 Å². The molecule has 0 unspecified atom stereocenters. The zero-order valence-corrected chi connectivity index (χ0v) is 14.2. The molecule has 0 aliphatic carbocycles. The predicted molar refractivity (Wildman–Crippen MR) is 94.0 cm³/mol. The Bertz CT molecular complexity index is 630. The maximum Gasteiger partial charge on any atom is 0.261 e. The second-order valence-electron chi connectivity index (χ2n) is 5.53. The summed E-state index contributed by atoms with van der Waals surface area (Å²) in [6, 6.07) is 17.2. The maximum absolute atomic E-state index is 12.3. The highest BCUT2D eigenvalue weighted by atomic mass is 35.5. The lowest BCUT2D eigenvalue weighted by Crippen LogP contribution is -2.39. The molecule has 2 rings (SSSR count). The summed E-state index contributed by atoms with van der Waals surface area (Å²) in [4.78, 5) is 12.3. The summed E-state index contributed by atoms with van der Waals surface area (Å²) in [5.74, 6) is 0.759. The van der Waals surface area contributed by atoms with Crippen molar-refractivity contribution < 1.29 is 9.53 Å². The Balaban J connectivity index is 1.90. The number of hydrogen-bond acceptors (Lipinski definition) is 2. The lowest BCUT2D eigenvalue weighted by Gasteiger charge is -2.19. The van der Waals surface area contributed by atoms with Crippen LogP contribution in [-0.2, 0) is 4.79 Å². The van der Waals surface area contributed by atoms with Gasteiger partial charge in [-0.05, 0) is 36.1 Å². The molecule has 0 radical (unpaired) electrons. The molecule has 3 nitrogen and oxygen atoms in total. The molecule has 0 saturated heterocycles. The molecule has 0 fully saturated rings. The summed E-state index contributed by atoms with van der Waals surface area (Å²) in [6.07, 6.45) is 0.0781. The Morgan fingerprint density at radius 3 is 2.57 bits per heavy atom. The maximum atomic E-state index is 12.3.